The number of anilines is 1. The van der Waals surface area contributed by atoms with Gasteiger partial charge in [0.25, 0.3) is 0 Å². The zero-order valence-electron chi connectivity index (χ0n) is 10.0. The van der Waals surface area contributed by atoms with Crippen molar-refractivity contribution in [3.8, 4) is 5.75 Å². The summed E-state index contributed by atoms with van der Waals surface area (Å²) in [5, 5.41) is 3.43. The first kappa shape index (κ1) is 11.3. The van der Waals surface area contributed by atoms with E-state index in [2.05, 4.69) is 31.3 Å². The summed E-state index contributed by atoms with van der Waals surface area (Å²) in [5.74, 6) is 1.03. The molecule has 0 radical (unpaired) electrons. The van der Waals surface area contributed by atoms with Gasteiger partial charge in [0, 0.05) is 18.7 Å². The average Bonchev–Trinajstić information content (AvgIpc) is 2.73. The molecule has 3 N–H and O–H groups in total. The van der Waals surface area contributed by atoms with Gasteiger partial charge in [-0.1, -0.05) is 13.8 Å². The summed E-state index contributed by atoms with van der Waals surface area (Å²) in [5.41, 5.74) is 8.29. The van der Waals surface area contributed by atoms with Crippen molar-refractivity contribution in [2.45, 2.75) is 20.3 Å². The molecular weight excluding hydrogens is 200 g/mol. The largest absolute Gasteiger partial charge is 0.493 e. The Kier molecular flexibility index (Phi) is 3.06. The molecule has 1 aliphatic heterocycles. The molecule has 1 aliphatic rings. The van der Waals surface area contributed by atoms with Crippen molar-refractivity contribution in [1.82, 2.24) is 0 Å². The molecule has 3 nitrogen and oxygen atoms in total. The Balaban J connectivity index is 2.00. The molecule has 0 bridgehead atoms. The van der Waals surface area contributed by atoms with Crippen LogP contribution in [0.5, 0.6) is 5.75 Å². The second kappa shape index (κ2) is 4.34. The summed E-state index contributed by atoms with van der Waals surface area (Å²) < 4.78 is 5.47. The average molecular weight is 220 g/mol. The van der Waals surface area contributed by atoms with Crippen LogP contribution in [-0.4, -0.2) is 19.7 Å². The Hall–Kier alpha value is -1.22. The van der Waals surface area contributed by atoms with Gasteiger partial charge < -0.3 is 15.8 Å². The lowest BCUT2D eigenvalue weighted by Gasteiger charge is -2.23. The highest BCUT2D eigenvalue weighted by Crippen LogP contribution is 2.28. The summed E-state index contributed by atoms with van der Waals surface area (Å²) in [6.07, 6.45) is 1.02. The number of benzene rings is 1. The number of ether oxygens (including phenoxy) is 1. The Morgan fingerprint density at radius 2 is 2.25 bits per heavy atom. The van der Waals surface area contributed by atoms with Gasteiger partial charge in [-0.2, -0.15) is 0 Å². The zero-order chi connectivity index (χ0) is 11.6. The fraction of sp³-hybridized carbons (Fsp3) is 0.538. The molecule has 1 aromatic carbocycles. The van der Waals surface area contributed by atoms with Gasteiger partial charge in [-0.3, -0.25) is 0 Å². The Morgan fingerprint density at radius 3 is 3.00 bits per heavy atom. The highest BCUT2D eigenvalue weighted by molar-refractivity contribution is 5.52. The highest BCUT2D eigenvalue weighted by atomic mass is 16.5. The van der Waals surface area contributed by atoms with Crippen molar-refractivity contribution in [1.29, 1.82) is 0 Å². The SMILES string of the molecule is CC(C)(CN)CNc1ccc2c(c1)CCO2. The minimum absolute atomic E-state index is 0.134. The molecule has 0 atom stereocenters. The van der Waals surface area contributed by atoms with E-state index < -0.39 is 0 Å². The third-order valence-corrected chi connectivity index (χ3v) is 3.01. The van der Waals surface area contributed by atoms with Crippen LogP contribution < -0.4 is 15.8 Å². The van der Waals surface area contributed by atoms with E-state index in [0.717, 1.165) is 31.0 Å². The second-order valence-corrected chi connectivity index (χ2v) is 5.14. The van der Waals surface area contributed by atoms with Crippen LogP contribution in [0.3, 0.4) is 0 Å². The molecule has 88 valence electrons. The topological polar surface area (TPSA) is 47.3 Å². The van der Waals surface area contributed by atoms with E-state index in [9.17, 15) is 0 Å². The molecule has 1 aromatic rings. The molecule has 0 aromatic heterocycles. The van der Waals surface area contributed by atoms with E-state index >= 15 is 0 Å². The van der Waals surface area contributed by atoms with Gasteiger partial charge in [0.05, 0.1) is 6.61 Å². The lowest BCUT2D eigenvalue weighted by atomic mass is 9.94. The fourth-order valence-electron chi connectivity index (χ4n) is 1.71. The molecule has 0 unspecified atom stereocenters. The van der Waals surface area contributed by atoms with Crippen LogP contribution in [-0.2, 0) is 6.42 Å². The summed E-state index contributed by atoms with van der Waals surface area (Å²) >= 11 is 0. The van der Waals surface area contributed by atoms with Crippen molar-refractivity contribution in [3.05, 3.63) is 23.8 Å². The van der Waals surface area contributed by atoms with Crippen molar-refractivity contribution < 1.29 is 4.74 Å². The van der Waals surface area contributed by atoms with Gasteiger partial charge in [0.1, 0.15) is 5.75 Å². The van der Waals surface area contributed by atoms with E-state index in [-0.39, 0.29) is 5.41 Å². The molecule has 16 heavy (non-hydrogen) atoms. The summed E-state index contributed by atoms with van der Waals surface area (Å²) in [6.45, 7) is 6.72. The zero-order valence-corrected chi connectivity index (χ0v) is 10.0. The predicted octanol–water partition coefficient (Wildman–Crippen LogP) is 2.02. The number of fused-ring (bicyclic) bond motifs is 1. The van der Waals surface area contributed by atoms with Crippen LogP contribution in [0.1, 0.15) is 19.4 Å². The third-order valence-electron chi connectivity index (χ3n) is 3.01. The van der Waals surface area contributed by atoms with E-state index in [1.165, 1.54) is 5.56 Å². The van der Waals surface area contributed by atoms with Crippen LogP contribution in [0, 0.1) is 5.41 Å². The minimum atomic E-state index is 0.134. The van der Waals surface area contributed by atoms with E-state index in [1.807, 2.05) is 6.07 Å². The molecule has 3 heteroatoms. The molecule has 2 rings (SSSR count). The third kappa shape index (κ3) is 2.47. The van der Waals surface area contributed by atoms with Gasteiger partial charge in [-0.05, 0) is 35.7 Å². The van der Waals surface area contributed by atoms with Gasteiger partial charge in [-0.15, -0.1) is 0 Å². The summed E-state index contributed by atoms with van der Waals surface area (Å²) in [7, 11) is 0. The molecule has 1 heterocycles. The van der Waals surface area contributed by atoms with E-state index in [1.54, 1.807) is 0 Å². The first-order valence-corrected chi connectivity index (χ1v) is 5.80. The number of hydrogen-bond acceptors (Lipinski definition) is 3. The van der Waals surface area contributed by atoms with Crippen LogP contribution in [0.2, 0.25) is 0 Å². The standard InChI is InChI=1S/C13H20N2O/c1-13(2,8-14)9-15-11-3-4-12-10(7-11)5-6-16-12/h3-4,7,15H,5-6,8-9,14H2,1-2H3. The van der Waals surface area contributed by atoms with Crippen molar-refractivity contribution in [2.75, 3.05) is 25.0 Å². The molecule has 0 saturated carbocycles. The molecule has 0 amide bonds. The molecule has 0 fully saturated rings. The lowest BCUT2D eigenvalue weighted by Crippen LogP contribution is -2.31. The van der Waals surface area contributed by atoms with Gasteiger partial charge in [-0.25, -0.2) is 0 Å². The van der Waals surface area contributed by atoms with Crippen molar-refractivity contribution in [2.24, 2.45) is 11.1 Å². The second-order valence-electron chi connectivity index (χ2n) is 5.14. The van der Waals surface area contributed by atoms with Gasteiger partial charge in [0.2, 0.25) is 0 Å². The predicted molar refractivity (Wildman–Crippen MR) is 67.0 cm³/mol. The molecule has 0 saturated heterocycles. The monoisotopic (exact) mass is 220 g/mol. The lowest BCUT2D eigenvalue weighted by molar-refractivity contribution is 0.357. The van der Waals surface area contributed by atoms with Gasteiger partial charge in [0.15, 0.2) is 0 Å². The number of nitrogens with two attached hydrogens (primary N) is 1. The fourth-order valence-corrected chi connectivity index (χ4v) is 1.71. The summed E-state index contributed by atoms with van der Waals surface area (Å²) in [4.78, 5) is 0. The number of nitrogens with one attached hydrogen (secondary N) is 1. The normalized spacial score (nSPS) is 14.4. The molecule has 0 spiro atoms. The van der Waals surface area contributed by atoms with Gasteiger partial charge >= 0.3 is 0 Å². The Bertz CT molecular complexity index is 374. The Morgan fingerprint density at radius 1 is 1.44 bits per heavy atom. The van der Waals surface area contributed by atoms with Crippen LogP contribution >= 0.6 is 0 Å². The first-order chi connectivity index (χ1) is 7.61. The van der Waals surface area contributed by atoms with Crippen molar-refractivity contribution in [3.63, 3.8) is 0 Å². The van der Waals surface area contributed by atoms with E-state index in [0.29, 0.717) is 6.54 Å². The van der Waals surface area contributed by atoms with Crippen LogP contribution in [0.15, 0.2) is 18.2 Å². The molecular formula is C13H20N2O. The quantitative estimate of drug-likeness (QED) is 0.816. The van der Waals surface area contributed by atoms with Crippen LogP contribution in [0.4, 0.5) is 5.69 Å². The van der Waals surface area contributed by atoms with E-state index in [4.69, 9.17) is 10.5 Å². The van der Waals surface area contributed by atoms with Crippen molar-refractivity contribution >= 4 is 5.69 Å². The maximum Gasteiger partial charge on any atom is 0.122 e. The Labute approximate surface area is 97.0 Å². The smallest absolute Gasteiger partial charge is 0.122 e. The number of hydrogen-bond donors (Lipinski definition) is 2. The first-order valence-electron chi connectivity index (χ1n) is 5.80. The molecule has 0 aliphatic carbocycles. The highest BCUT2D eigenvalue weighted by Gasteiger charge is 2.16. The maximum absolute atomic E-state index is 5.70. The minimum Gasteiger partial charge on any atom is -0.493 e. The number of rotatable bonds is 4. The van der Waals surface area contributed by atoms with Crippen LogP contribution in [0.25, 0.3) is 0 Å². The summed E-state index contributed by atoms with van der Waals surface area (Å²) in [6, 6.07) is 6.28. The maximum atomic E-state index is 5.70.